The Morgan fingerprint density at radius 3 is 2.52 bits per heavy atom. The Labute approximate surface area is 141 Å². The zero-order chi connectivity index (χ0) is 15.0. The highest BCUT2D eigenvalue weighted by molar-refractivity contribution is 9.11. The van der Waals surface area contributed by atoms with Gasteiger partial charge in [-0.25, -0.2) is 0 Å². The van der Waals surface area contributed by atoms with E-state index in [2.05, 4.69) is 44.8 Å². The zero-order valence-corrected chi connectivity index (χ0v) is 14.8. The second-order valence-corrected chi connectivity index (χ2v) is 7.18. The molecular weight excluding hydrogens is 394 g/mol. The van der Waals surface area contributed by atoms with Gasteiger partial charge in [-0.05, 0) is 49.6 Å². The Hall–Kier alpha value is -1.13. The number of carbonyl (C=O) groups is 1. The topological polar surface area (TPSA) is 20.3 Å². The molecule has 1 unspecified atom stereocenters. The summed E-state index contributed by atoms with van der Waals surface area (Å²) in [6, 6.07) is 14.1. The second kappa shape index (κ2) is 5.93. The number of fused-ring (bicyclic) bond motifs is 1. The lowest BCUT2D eigenvalue weighted by Crippen LogP contribution is -2.42. The molecule has 1 atom stereocenters. The predicted octanol–water partition coefficient (Wildman–Crippen LogP) is 5.19. The third kappa shape index (κ3) is 2.92. The molecule has 0 bridgehead atoms. The second-order valence-electron chi connectivity index (χ2n) is 5.35. The van der Waals surface area contributed by atoms with E-state index in [1.54, 1.807) is 0 Å². The van der Waals surface area contributed by atoms with Crippen molar-refractivity contribution in [2.75, 3.05) is 4.90 Å². The number of rotatable bonds is 1. The van der Waals surface area contributed by atoms with Crippen LogP contribution in [-0.2, 0) is 6.42 Å². The average molecular weight is 409 g/mol. The van der Waals surface area contributed by atoms with Gasteiger partial charge < -0.3 is 4.90 Å². The molecule has 0 saturated carbocycles. The highest BCUT2D eigenvalue weighted by Crippen LogP contribution is 2.32. The molecule has 0 fully saturated rings. The normalized spacial score (nSPS) is 17.5. The lowest BCUT2D eigenvalue weighted by Gasteiger charge is -2.35. The molecule has 2 nitrogen and oxygen atoms in total. The number of nitrogens with zero attached hydrogens (tertiary/aromatic N) is 1. The van der Waals surface area contributed by atoms with Crippen LogP contribution in [-0.4, -0.2) is 11.9 Å². The number of aryl methyl sites for hydroxylation is 1. The number of amides is 1. The Kier molecular flexibility index (Phi) is 4.18. The minimum absolute atomic E-state index is 0.0525. The molecule has 2 aromatic rings. The summed E-state index contributed by atoms with van der Waals surface area (Å²) in [6.45, 7) is 2.11. The summed E-state index contributed by atoms with van der Waals surface area (Å²) in [5, 5.41) is 0. The van der Waals surface area contributed by atoms with Crippen molar-refractivity contribution >= 4 is 43.5 Å². The van der Waals surface area contributed by atoms with Gasteiger partial charge in [0.1, 0.15) is 0 Å². The van der Waals surface area contributed by atoms with Gasteiger partial charge in [0.05, 0.1) is 0 Å². The maximum absolute atomic E-state index is 13.0. The fraction of sp³-hybridized carbons (Fsp3) is 0.235. The SMILES string of the molecule is CC1CCc2ccccc2N1C(=O)c1cc(Br)cc(Br)c1. The highest BCUT2D eigenvalue weighted by atomic mass is 79.9. The number of carbonyl (C=O) groups excluding carboxylic acids is 1. The lowest BCUT2D eigenvalue weighted by molar-refractivity contribution is 0.0975. The van der Waals surface area contributed by atoms with E-state index in [9.17, 15) is 4.79 Å². The number of para-hydroxylation sites is 1. The monoisotopic (exact) mass is 407 g/mol. The van der Waals surface area contributed by atoms with E-state index in [1.165, 1.54) is 5.56 Å². The van der Waals surface area contributed by atoms with Gasteiger partial charge in [-0.1, -0.05) is 50.1 Å². The first-order valence-electron chi connectivity index (χ1n) is 6.94. The fourth-order valence-electron chi connectivity index (χ4n) is 2.81. The summed E-state index contributed by atoms with van der Waals surface area (Å²) in [6.07, 6.45) is 2.03. The minimum Gasteiger partial charge on any atom is -0.305 e. The van der Waals surface area contributed by atoms with Gasteiger partial charge in [0.15, 0.2) is 0 Å². The van der Waals surface area contributed by atoms with Crippen molar-refractivity contribution in [3.05, 3.63) is 62.5 Å². The van der Waals surface area contributed by atoms with Crippen LogP contribution in [0.15, 0.2) is 51.4 Å². The number of halogens is 2. The van der Waals surface area contributed by atoms with Crippen LogP contribution in [0.2, 0.25) is 0 Å². The maximum Gasteiger partial charge on any atom is 0.258 e. The van der Waals surface area contributed by atoms with E-state index >= 15 is 0 Å². The minimum atomic E-state index is 0.0525. The van der Waals surface area contributed by atoms with Gasteiger partial charge >= 0.3 is 0 Å². The largest absolute Gasteiger partial charge is 0.305 e. The van der Waals surface area contributed by atoms with E-state index in [1.807, 2.05) is 41.3 Å². The van der Waals surface area contributed by atoms with E-state index in [4.69, 9.17) is 0 Å². The molecule has 0 spiro atoms. The molecule has 108 valence electrons. The Morgan fingerprint density at radius 2 is 1.81 bits per heavy atom. The molecule has 0 saturated heterocycles. The summed E-state index contributed by atoms with van der Waals surface area (Å²) < 4.78 is 1.80. The first kappa shape index (κ1) is 14.8. The molecule has 1 aliphatic rings. The first-order valence-corrected chi connectivity index (χ1v) is 8.52. The summed E-state index contributed by atoms with van der Waals surface area (Å²) in [4.78, 5) is 14.9. The quantitative estimate of drug-likeness (QED) is 0.635. The van der Waals surface area contributed by atoms with Crippen molar-refractivity contribution in [2.24, 2.45) is 0 Å². The summed E-state index contributed by atoms with van der Waals surface area (Å²) in [5.41, 5.74) is 2.98. The molecule has 3 rings (SSSR count). The van der Waals surface area contributed by atoms with Gasteiger partial charge in [0.25, 0.3) is 5.91 Å². The van der Waals surface area contributed by atoms with Gasteiger partial charge in [0.2, 0.25) is 0 Å². The van der Waals surface area contributed by atoms with E-state index in [0.717, 1.165) is 27.5 Å². The molecule has 1 amide bonds. The zero-order valence-electron chi connectivity index (χ0n) is 11.6. The predicted molar refractivity (Wildman–Crippen MR) is 92.9 cm³/mol. The van der Waals surface area contributed by atoms with Crippen LogP contribution in [0, 0.1) is 0 Å². The number of hydrogen-bond acceptors (Lipinski definition) is 1. The summed E-state index contributed by atoms with van der Waals surface area (Å²) in [5.74, 6) is 0.0525. The van der Waals surface area contributed by atoms with Crippen LogP contribution >= 0.6 is 31.9 Å². The molecule has 0 radical (unpaired) electrons. The maximum atomic E-state index is 13.0. The molecule has 21 heavy (non-hydrogen) atoms. The standard InChI is InChI=1S/C17H15Br2NO/c1-11-6-7-12-4-2-3-5-16(12)20(11)17(21)13-8-14(18)10-15(19)9-13/h2-5,8-11H,6-7H2,1H3. The van der Waals surface area contributed by atoms with Crippen LogP contribution < -0.4 is 4.90 Å². The third-order valence-electron chi connectivity index (χ3n) is 3.85. The average Bonchev–Trinajstić information content (AvgIpc) is 2.45. The summed E-state index contributed by atoms with van der Waals surface area (Å²) >= 11 is 6.90. The van der Waals surface area contributed by atoms with Crippen LogP contribution in [0.4, 0.5) is 5.69 Å². The van der Waals surface area contributed by atoms with Crippen molar-refractivity contribution in [2.45, 2.75) is 25.8 Å². The van der Waals surface area contributed by atoms with Crippen LogP contribution in [0.5, 0.6) is 0 Å². The number of anilines is 1. The van der Waals surface area contributed by atoms with Crippen molar-refractivity contribution in [3.8, 4) is 0 Å². The molecule has 0 N–H and O–H groups in total. The smallest absolute Gasteiger partial charge is 0.258 e. The molecular formula is C17H15Br2NO. The van der Waals surface area contributed by atoms with Crippen molar-refractivity contribution < 1.29 is 4.79 Å². The fourth-order valence-corrected chi connectivity index (χ4v) is 4.11. The molecule has 0 aromatic heterocycles. The van der Waals surface area contributed by atoms with Crippen LogP contribution in [0.1, 0.15) is 29.3 Å². The van der Waals surface area contributed by atoms with Gasteiger partial charge in [-0.15, -0.1) is 0 Å². The van der Waals surface area contributed by atoms with Crippen LogP contribution in [0.3, 0.4) is 0 Å². The number of benzene rings is 2. The van der Waals surface area contributed by atoms with Crippen molar-refractivity contribution in [1.82, 2.24) is 0 Å². The number of hydrogen-bond donors (Lipinski definition) is 0. The van der Waals surface area contributed by atoms with E-state index in [0.29, 0.717) is 5.56 Å². The lowest BCUT2D eigenvalue weighted by atomic mass is 9.96. The van der Waals surface area contributed by atoms with Gasteiger partial charge in [-0.2, -0.15) is 0 Å². The summed E-state index contributed by atoms with van der Waals surface area (Å²) in [7, 11) is 0. The van der Waals surface area contributed by atoms with E-state index in [-0.39, 0.29) is 11.9 Å². The molecule has 2 aromatic carbocycles. The van der Waals surface area contributed by atoms with Gasteiger partial charge in [0, 0.05) is 26.2 Å². The van der Waals surface area contributed by atoms with E-state index < -0.39 is 0 Å². The van der Waals surface area contributed by atoms with Gasteiger partial charge in [-0.3, -0.25) is 4.79 Å². The molecule has 4 heteroatoms. The molecule has 0 aliphatic carbocycles. The Bertz CT molecular complexity index is 679. The Balaban J connectivity index is 2.04. The van der Waals surface area contributed by atoms with Crippen molar-refractivity contribution in [3.63, 3.8) is 0 Å². The third-order valence-corrected chi connectivity index (χ3v) is 4.77. The first-order chi connectivity index (χ1) is 10.1. The van der Waals surface area contributed by atoms with Crippen LogP contribution in [0.25, 0.3) is 0 Å². The highest BCUT2D eigenvalue weighted by Gasteiger charge is 2.28. The van der Waals surface area contributed by atoms with Crippen molar-refractivity contribution in [1.29, 1.82) is 0 Å². The molecule has 1 heterocycles. The molecule has 1 aliphatic heterocycles. The Morgan fingerprint density at radius 1 is 1.14 bits per heavy atom.